The zero-order valence-electron chi connectivity index (χ0n) is 10.5. The summed E-state index contributed by atoms with van der Waals surface area (Å²) >= 11 is 5.78. The summed E-state index contributed by atoms with van der Waals surface area (Å²) < 4.78 is 24.4. The second-order valence-electron chi connectivity index (χ2n) is 4.04. The topological polar surface area (TPSA) is 18.5 Å². The number of hydrogen-bond acceptors (Lipinski definition) is 2. The van der Waals surface area contributed by atoms with Gasteiger partial charge in [-0.1, -0.05) is 24.3 Å². The van der Waals surface area contributed by atoms with Crippen molar-refractivity contribution in [3.63, 3.8) is 0 Å². The van der Waals surface area contributed by atoms with Gasteiger partial charge in [-0.05, 0) is 23.8 Å². The molecule has 0 aliphatic rings. The van der Waals surface area contributed by atoms with E-state index in [2.05, 4.69) is 0 Å². The lowest BCUT2D eigenvalue weighted by atomic mass is 10.2. The minimum absolute atomic E-state index is 0.173. The van der Waals surface area contributed by atoms with Crippen LogP contribution in [0.25, 0.3) is 0 Å². The molecule has 19 heavy (non-hydrogen) atoms. The fourth-order valence-electron chi connectivity index (χ4n) is 1.76. The molecule has 0 bridgehead atoms. The van der Waals surface area contributed by atoms with Crippen molar-refractivity contribution in [3.05, 3.63) is 59.4 Å². The first kappa shape index (κ1) is 13.8. The maximum atomic E-state index is 13.8. The minimum Gasteiger partial charge on any atom is -0.454 e. The number of hydrogen-bond donors (Lipinski definition) is 0. The molecule has 0 amide bonds. The number of alkyl halides is 1. The molecule has 100 valence electrons. The quantitative estimate of drug-likeness (QED) is 0.751. The van der Waals surface area contributed by atoms with E-state index in [1.165, 1.54) is 6.07 Å². The number of benzene rings is 2. The van der Waals surface area contributed by atoms with Gasteiger partial charge in [-0.25, -0.2) is 4.39 Å². The molecule has 2 aromatic rings. The Labute approximate surface area is 116 Å². The first-order valence-electron chi connectivity index (χ1n) is 5.83. The molecule has 0 atom stereocenters. The van der Waals surface area contributed by atoms with E-state index in [0.717, 1.165) is 5.56 Å². The third kappa shape index (κ3) is 3.46. The van der Waals surface area contributed by atoms with Gasteiger partial charge >= 0.3 is 0 Å². The van der Waals surface area contributed by atoms with Crippen molar-refractivity contribution in [2.75, 3.05) is 7.11 Å². The molecule has 0 heterocycles. The Morgan fingerprint density at radius 2 is 1.95 bits per heavy atom. The van der Waals surface area contributed by atoms with Crippen LogP contribution in [0, 0.1) is 5.82 Å². The summed E-state index contributed by atoms with van der Waals surface area (Å²) in [6, 6.07) is 12.0. The molecule has 0 N–H and O–H groups in total. The Morgan fingerprint density at radius 1 is 1.16 bits per heavy atom. The van der Waals surface area contributed by atoms with Crippen LogP contribution in [0.5, 0.6) is 11.5 Å². The van der Waals surface area contributed by atoms with E-state index in [1.807, 2.05) is 18.2 Å². The summed E-state index contributed by atoms with van der Waals surface area (Å²) in [7, 11) is 1.62. The molecule has 0 aliphatic carbocycles. The lowest BCUT2D eigenvalue weighted by Gasteiger charge is -2.11. The van der Waals surface area contributed by atoms with Gasteiger partial charge in [0.1, 0.15) is 5.75 Å². The summed E-state index contributed by atoms with van der Waals surface area (Å²) in [5.74, 6) is 0.513. The van der Waals surface area contributed by atoms with Crippen LogP contribution >= 0.6 is 11.6 Å². The largest absolute Gasteiger partial charge is 0.454 e. The molecule has 0 aliphatic heterocycles. The molecule has 0 aromatic heterocycles. The van der Waals surface area contributed by atoms with Crippen LogP contribution in [0.15, 0.2) is 42.5 Å². The predicted molar refractivity (Wildman–Crippen MR) is 73.2 cm³/mol. The number of rotatable bonds is 5. The molecule has 2 rings (SSSR count). The van der Waals surface area contributed by atoms with Gasteiger partial charge in [-0.15, -0.1) is 11.6 Å². The Hall–Kier alpha value is -1.58. The van der Waals surface area contributed by atoms with Crippen LogP contribution in [0.4, 0.5) is 4.39 Å². The van der Waals surface area contributed by atoms with Gasteiger partial charge in [-0.2, -0.15) is 0 Å². The molecule has 2 aromatic carbocycles. The van der Waals surface area contributed by atoms with Gasteiger partial charge < -0.3 is 9.47 Å². The van der Waals surface area contributed by atoms with Gasteiger partial charge in [0, 0.05) is 12.7 Å². The van der Waals surface area contributed by atoms with E-state index in [1.54, 1.807) is 25.3 Å². The fourth-order valence-corrected chi connectivity index (χ4v) is 1.97. The van der Waals surface area contributed by atoms with Gasteiger partial charge in [0.2, 0.25) is 0 Å². The van der Waals surface area contributed by atoms with Crippen LogP contribution in [0.3, 0.4) is 0 Å². The highest BCUT2D eigenvalue weighted by Crippen LogP contribution is 2.29. The predicted octanol–water partition coefficient (Wildman–Crippen LogP) is 4.50. The van der Waals surface area contributed by atoms with Crippen molar-refractivity contribution >= 4 is 11.6 Å². The van der Waals surface area contributed by atoms with Crippen LogP contribution in [-0.4, -0.2) is 7.11 Å². The monoisotopic (exact) mass is 280 g/mol. The smallest absolute Gasteiger partial charge is 0.167 e. The molecule has 0 fully saturated rings. The normalized spacial score (nSPS) is 10.5. The van der Waals surface area contributed by atoms with E-state index < -0.39 is 5.82 Å². The summed E-state index contributed by atoms with van der Waals surface area (Å²) in [6.07, 6.45) is 0. The molecule has 0 unspecified atom stereocenters. The van der Waals surface area contributed by atoms with Crippen molar-refractivity contribution in [1.29, 1.82) is 0 Å². The lowest BCUT2D eigenvalue weighted by molar-refractivity contribution is 0.184. The van der Waals surface area contributed by atoms with Crippen molar-refractivity contribution in [2.24, 2.45) is 0 Å². The van der Waals surface area contributed by atoms with Gasteiger partial charge in [0.25, 0.3) is 0 Å². The summed E-state index contributed by atoms with van der Waals surface area (Å²) in [6.45, 7) is 0.483. The van der Waals surface area contributed by atoms with Gasteiger partial charge in [0.05, 0.1) is 12.5 Å². The lowest BCUT2D eigenvalue weighted by Crippen LogP contribution is -1.94. The second-order valence-corrected chi connectivity index (χ2v) is 4.31. The van der Waals surface area contributed by atoms with E-state index in [9.17, 15) is 4.39 Å². The molecule has 0 spiro atoms. The Kier molecular flexibility index (Phi) is 4.77. The van der Waals surface area contributed by atoms with Crippen molar-refractivity contribution in [3.8, 4) is 11.5 Å². The Balaban J connectivity index is 2.28. The second kappa shape index (κ2) is 6.55. The number of para-hydroxylation sites is 1. The molecule has 0 radical (unpaired) electrons. The zero-order valence-corrected chi connectivity index (χ0v) is 11.3. The summed E-state index contributed by atoms with van der Waals surface area (Å²) in [5.41, 5.74) is 1.59. The Bertz CT molecular complexity index is 558. The van der Waals surface area contributed by atoms with Crippen LogP contribution in [0.1, 0.15) is 11.1 Å². The first-order valence-corrected chi connectivity index (χ1v) is 6.37. The molecule has 4 heteroatoms. The molecular weight excluding hydrogens is 267 g/mol. The van der Waals surface area contributed by atoms with Crippen molar-refractivity contribution in [1.82, 2.24) is 0 Å². The van der Waals surface area contributed by atoms with Gasteiger partial charge in [0.15, 0.2) is 11.6 Å². The summed E-state index contributed by atoms with van der Waals surface area (Å²) in [5, 5.41) is 0. The average Bonchev–Trinajstić information content (AvgIpc) is 2.42. The van der Waals surface area contributed by atoms with Crippen molar-refractivity contribution < 1.29 is 13.9 Å². The molecule has 0 saturated heterocycles. The van der Waals surface area contributed by atoms with Crippen LogP contribution < -0.4 is 4.74 Å². The summed E-state index contributed by atoms with van der Waals surface area (Å²) in [4.78, 5) is 0. The highest BCUT2D eigenvalue weighted by molar-refractivity contribution is 6.17. The van der Waals surface area contributed by atoms with E-state index in [0.29, 0.717) is 17.9 Å². The van der Waals surface area contributed by atoms with E-state index in [4.69, 9.17) is 21.1 Å². The fraction of sp³-hybridized carbons (Fsp3) is 0.200. The highest BCUT2D eigenvalue weighted by atomic mass is 35.5. The molecule has 0 saturated carbocycles. The third-order valence-electron chi connectivity index (χ3n) is 2.62. The zero-order chi connectivity index (χ0) is 13.7. The SMILES string of the molecule is COCc1cccc(Oc2c(F)cccc2CCl)c1. The van der Waals surface area contributed by atoms with E-state index in [-0.39, 0.29) is 11.6 Å². The van der Waals surface area contributed by atoms with Crippen LogP contribution in [0.2, 0.25) is 0 Å². The number of ether oxygens (including phenoxy) is 2. The number of halogens is 2. The maximum absolute atomic E-state index is 13.8. The first-order chi connectivity index (χ1) is 9.24. The standard InChI is InChI=1S/C15H14ClFO2/c1-18-10-11-4-2-6-13(8-11)19-15-12(9-16)5-3-7-14(15)17/h2-8H,9-10H2,1H3. The Morgan fingerprint density at radius 3 is 2.68 bits per heavy atom. The molecular formula is C15H14ClFO2. The molecule has 2 nitrogen and oxygen atoms in total. The maximum Gasteiger partial charge on any atom is 0.167 e. The third-order valence-corrected chi connectivity index (χ3v) is 2.91. The highest BCUT2D eigenvalue weighted by Gasteiger charge is 2.10. The van der Waals surface area contributed by atoms with E-state index >= 15 is 0 Å². The minimum atomic E-state index is -0.421. The van der Waals surface area contributed by atoms with Crippen LogP contribution in [-0.2, 0) is 17.2 Å². The van der Waals surface area contributed by atoms with Crippen molar-refractivity contribution in [2.45, 2.75) is 12.5 Å². The number of methoxy groups -OCH3 is 1. The average molecular weight is 281 g/mol. The van der Waals surface area contributed by atoms with Gasteiger partial charge in [-0.3, -0.25) is 0 Å².